The molecule has 22 atom stereocenters. The number of carbonyl (C=O) groups excluding carboxylic acids is 4. The maximum absolute atomic E-state index is 12.6. The van der Waals surface area contributed by atoms with Crippen LogP contribution in [0.4, 0.5) is 0 Å². The summed E-state index contributed by atoms with van der Waals surface area (Å²) in [6.45, 7) is 42.8. The second-order valence-electron chi connectivity index (χ2n) is 30.7. The first-order valence-electron chi connectivity index (χ1n) is 35.5. The average Bonchev–Trinajstić information content (AvgIpc) is 0.772. The van der Waals surface area contributed by atoms with E-state index < -0.39 is 131 Å². The zero-order valence-electron chi connectivity index (χ0n) is 67.2. The van der Waals surface area contributed by atoms with Gasteiger partial charge in [0.15, 0.2) is 44.3 Å². The second kappa shape index (κ2) is 40.0. The van der Waals surface area contributed by atoms with Gasteiger partial charge in [0, 0.05) is 112 Å². The number of rotatable bonds is 31. The van der Waals surface area contributed by atoms with Gasteiger partial charge >= 0.3 is 17.9 Å². The van der Waals surface area contributed by atoms with Gasteiger partial charge in [0.2, 0.25) is 17.4 Å². The molecular weight excluding hydrogens is 1410 g/mol. The summed E-state index contributed by atoms with van der Waals surface area (Å²) in [6.07, 6.45) is -1.56. The lowest BCUT2D eigenvalue weighted by Crippen LogP contribution is -2.57. The number of aliphatic hydroxyl groups is 2. The van der Waals surface area contributed by atoms with Crippen molar-refractivity contribution in [1.29, 1.82) is 0 Å². The van der Waals surface area contributed by atoms with Gasteiger partial charge in [-0.25, -0.2) is 14.4 Å². The minimum atomic E-state index is -1.18. The highest BCUT2D eigenvalue weighted by atomic mass is 31.1. The van der Waals surface area contributed by atoms with Crippen LogP contribution < -0.4 is 0 Å². The van der Waals surface area contributed by atoms with E-state index >= 15 is 0 Å². The highest BCUT2D eigenvalue weighted by molar-refractivity contribution is 7.25. The Kier molecular flexibility index (Phi) is 36.2. The van der Waals surface area contributed by atoms with Crippen molar-refractivity contribution in [2.24, 2.45) is 17.8 Å². The summed E-state index contributed by atoms with van der Waals surface area (Å²) in [5.41, 5.74) is -3.34. The highest BCUT2D eigenvalue weighted by Crippen LogP contribution is 2.46. The Bertz CT molecular complexity index is 3000. The molecule has 6 aliphatic rings. The molecule has 6 heterocycles. The predicted molar refractivity (Wildman–Crippen MR) is 393 cm³/mol. The predicted octanol–water partition coefficient (Wildman–Crippen LogP) is 11.3. The van der Waals surface area contributed by atoms with Crippen molar-refractivity contribution in [3.63, 3.8) is 0 Å². The average molecular weight is 1530 g/mol. The number of methoxy groups -OCH3 is 3. The van der Waals surface area contributed by atoms with Crippen LogP contribution in [0, 0.1) is 17.8 Å². The summed E-state index contributed by atoms with van der Waals surface area (Å²) in [5.74, 6) is -5.13. The Morgan fingerprint density at radius 3 is 1.05 bits per heavy atom. The molecule has 596 valence electrons. The van der Waals surface area contributed by atoms with E-state index in [0.29, 0.717) is 53.3 Å². The van der Waals surface area contributed by atoms with Gasteiger partial charge in [-0.2, -0.15) is 0 Å². The molecule has 4 unspecified atom stereocenters. The third kappa shape index (κ3) is 24.2. The number of nitrogens with zero attached hydrogens (tertiary/aromatic N) is 3. The van der Waals surface area contributed by atoms with E-state index in [2.05, 4.69) is 24.6 Å². The fourth-order valence-corrected chi connectivity index (χ4v) is 16.7. The quantitative estimate of drug-likeness (QED) is 0.0282. The molecule has 30 heteroatoms. The number of aliphatic hydroxyl groups excluding tert-OH is 2. The van der Waals surface area contributed by atoms with Gasteiger partial charge in [-0.1, -0.05) is 26.8 Å². The van der Waals surface area contributed by atoms with Crippen LogP contribution in [0.15, 0.2) is 59.8 Å². The summed E-state index contributed by atoms with van der Waals surface area (Å²) in [5, 5.41) is 19.8. The van der Waals surface area contributed by atoms with Crippen LogP contribution in [0.5, 0.6) is 0 Å². The Labute approximate surface area is 623 Å². The van der Waals surface area contributed by atoms with E-state index in [1.807, 2.05) is 101 Å². The van der Waals surface area contributed by atoms with Crippen LogP contribution in [-0.4, -0.2) is 250 Å². The number of cyclic esters (lactones) is 3. The van der Waals surface area contributed by atoms with E-state index in [0.717, 1.165) is 6.42 Å². The Morgan fingerprint density at radius 2 is 0.817 bits per heavy atom. The number of ketones is 1. The molecule has 0 aromatic carbocycles. The fraction of sp³-hybridized carbons (Fsp3) is 0.811. The molecule has 0 aliphatic carbocycles. The monoisotopic (exact) mass is 1530 g/mol. The van der Waals surface area contributed by atoms with Crippen molar-refractivity contribution < 1.29 is 114 Å². The first kappa shape index (κ1) is 94.1. The van der Waals surface area contributed by atoms with E-state index in [1.54, 1.807) is 89.3 Å². The molecule has 6 aliphatic heterocycles. The molecule has 0 aromatic rings. The van der Waals surface area contributed by atoms with E-state index in [1.165, 1.54) is 21.1 Å². The minimum absolute atomic E-state index is 0.0165. The van der Waals surface area contributed by atoms with Crippen LogP contribution in [-0.2, 0) is 104 Å². The Hall–Kier alpha value is -4.08. The number of hydrogen-bond acceptors (Lipinski definition) is 27. The van der Waals surface area contributed by atoms with E-state index in [4.69, 9.17) is 71.1 Å². The first-order chi connectivity index (χ1) is 48.1. The first-order valence-corrected chi connectivity index (χ1v) is 38.1. The van der Waals surface area contributed by atoms with Crippen molar-refractivity contribution in [1.82, 2.24) is 14.7 Å². The molecule has 0 amide bonds. The summed E-state index contributed by atoms with van der Waals surface area (Å²) in [7, 11) is 16.0. The molecule has 0 aromatic heterocycles. The molecule has 0 bridgehead atoms. The van der Waals surface area contributed by atoms with Gasteiger partial charge in [0.25, 0.3) is 0 Å². The SMILES string of the molecule is C=C.C=CC[C@@](C)(OC)[C@H](O[C@@H]1O[C@H](C)CC(N(C)C)[C@H]1P=O)[C@@H](C)C1=C(C)C(=O)OC(C)(C)O1.CO[C@](C)(CC(C)=O)[C@H](O[C@@H]1O[C@H](C)CC(N(C)C)[C@H]1P=O)[C@@H](C)C1=C(C)C(=O)OC(C)(C)O1.CO[C@](C)(CC(O)CO)[C@H](O[C@@H]1O[C@H](C)CC(N(C)C)[C@H]1P=O)[C@@H](C)C1=C(C)C(=O)OC(C)(C)O1. The van der Waals surface area contributed by atoms with Crippen molar-refractivity contribution >= 4 is 49.1 Å². The van der Waals surface area contributed by atoms with Gasteiger partial charge in [0.05, 0.1) is 82.9 Å². The maximum atomic E-state index is 12.6. The minimum Gasteiger partial charge on any atom is -0.456 e. The van der Waals surface area contributed by atoms with Gasteiger partial charge in [0.1, 0.15) is 40.0 Å². The fourth-order valence-electron chi connectivity index (χ4n) is 14.4. The number of carbonyl (C=O) groups is 4. The maximum Gasteiger partial charge on any atom is 0.340 e. The molecular formula is C74H126N3O24P3. The molecule has 3 fully saturated rings. The number of Topliss-reactive ketones (excluding diaryl/α,β-unsaturated/α-hetero) is 1. The number of ether oxygens (including phenoxy) is 15. The zero-order valence-corrected chi connectivity index (χ0v) is 69.9. The standard InChI is InChI=1S/C24H42NO9P.C24H40NO8P.C24H40NO7P.C2H4/c1-13-10-17(25(7)8)19(35-29)22(31-13)32-20(24(6,30-9)11-16(27)12-26)14(2)18-15(3)21(28)34-23(4,5)33-18;1-13(26)12-24(7,29-10)20(15(3)18-16(4)21(27)33-23(5,6)32-18)31-22-19(34-28)17(25(8)9)11-14(2)30-22;1-11-12-24(7,28-10)20(15(3)18-16(4)21(26)32-23(5,6)31-18)30-22-19(33-27)17(25(8)9)13-14(2)29-22;1-2/h13-14,16-17,19-20,22,26-27H,10-12H2,1-9H3;14-15,17,19-20,22H,11-12H2,1-10H3;11,14-15,17,19-20,22H,1,12-13H2,2-10H3;1-2H2/t13-,14+,16?,17?,19-,20-,22+,24-;2*14-,15+,17?,19-,20-,22+,24-;/m111./s1. The number of esters is 3. The van der Waals surface area contributed by atoms with E-state index in [-0.39, 0.29) is 86.1 Å². The number of hydrogen-bond donors (Lipinski definition) is 2. The molecule has 27 nitrogen and oxygen atoms in total. The Morgan fingerprint density at radius 1 is 0.548 bits per heavy atom. The summed E-state index contributed by atoms with van der Waals surface area (Å²) in [6, 6.07) is -0.0781. The van der Waals surface area contributed by atoms with Crippen molar-refractivity contribution in [3.8, 4) is 0 Å². The third-order valence-corrected chi connectivity index (χ3v) is 22.4. The molecule has 0 radical (unpaired) electrons. The third-order valence-electron chi connectivity index (χ3n) is 20.0. The normalized spacial score (nSPS) is 30.8. The Balaban J connectivity index is 0.000000400. The van der Waals surface area contributed by atoms with Gasteiger partial charge in [-0.3, -0.25) is 18.5 Å². The lowest BCUT2D eigenvalue weighted by Gasteiger charge is -2.47. The van der Waals surface area contributed by atoms with Crippen molar-refractivity contribution in [3.05, 3.63) is 59.8 Å². The molecule has 0 spiro atoms. The van der Waals surface area contributed by atoms with Crippen LogP contribution in [0.2, 0.25) is 0 Å². The second-order valence-corrected chi connectivity index (χ2v) is 33.1. The van der Waals surface area contributed by atoms with Crippen molar-refractivity contribution in [2.45, 2.75) is 301 Å². The zero-order chi connectivity index (χ0) is 79.9. The molecule has 3 saturated heterocycles. The molecule has 6 rings (SSSR count). The molecule has 0 saturated carbocycles. The van der Waals surface area contributed by atoms with Crippen LogP contribution in [0.3, 0.4) is 0 Å². The topological polar surface area (TPSA) is 308 Å². The summed E-state index contributed by atoms with van der Waals surface area (Å²) in [4.78, 5) is 55.9. The highest BCUT2D eigenvalue weighted by Gasteiger charge is 2.54. The largest absolute Gasteiger partial charge is 0.456 e. The lowest BCUT2D eigenvalue weighted by molar-refractivity contribution is -0.267. The summed E-state index contributed by atoms with van der Waals surface area (Å²) >= 11 is 0. The van der Waals surface area contributed by atoms with Crippen LogP contribution >= 0.6 is 25.4 Å². The molecule has 2 N–H and O–H groups in total. The molecule has 104 heavy (non-hydrogen) atoms. The van der Waals surface area contributed by atoms with Crippen molar-refractivity contribution in [2.75, 3.05) is 70.2 Å². The smallest absolute Gasteiger partial charge is 0.340 e. The van der Waals surface area contributed by atoms with Gasteiger partial charge in [-0.15, -0.1) is 19.7 Å². The van der Waals surface area contributed by atoms with Crippen LogP contribution in [0.25, 0.3) is 0 Å². The lowest BCUT2D eigenvalue weighted by atomic mass is 9.82. The van der Waals surface area contributed by atoms with Crippen LogP contribution in [0.1, 0.15) is 170 Å². The van der Waals surface area contributed by atoms with Gasteiger partial charge < -0.3 is 96.0 Å². The summed E-state index contributed by atoms with van der Waals surface area (Å²) < 4.78 is 127. The van der Waals surface area contributed by atoms with E-state index in [9.17, 15) is 43.1 Å². The van der Waals surface area contributed by atoms with Gasteiger partial charge in [-0.05, 0) is 137 Å².